The highest BCUT2D eigenvalue weighted by molar-refractivity contribution is 5.57. The zero-order valence-corrected chi connectivity index (χ0v) is 12.2. The molecule has 0 aliphatic carbocycles. The fourth-order valence-corrected chi connectivity index (χ4v) is 2.37. The first-order valence-electron chi connectivity index (χ1n) is 7.16. The Hall–Kier alpha value is -2.77. The molecule has 1 aromatic carbocycles. The summed E-state index contributed by atoms with van der Waals surface area (Å²) in [6, 6.07) is 5.33. The maximum atomic E-state index is 13.7. The van der Waals surface area contributed by atoms with Crippen LogP contribution in [0.4, 0.5) is 26.2 Å². The van der Waals surface area contributed by atoms with Gasteiger partial charge in [-0.2, -0.15) is 4.98 Å². The number of rotatable bonds is 4. The number of para-hydroxylation sites is 1. The van der Waals surface area contributed by atoms with Gasteiger partial charge < -0.3 is 15.1 Å². The largest absolute Gasteiger partial charge is 0.353 e. The van der Waals surface area contributed by atoms with Gasteiger partial charge in [-0.05, 0) is 18.2 Å². The normalized spacial score (nSPS) is 14.7. The average molecular weight is 319 g/mol. The van der Waals surface area contributed by atoms with Gasteiger partial charge in [0.05, 0.1) is 0 Å². The van der Waals surface area contributed by atoms with Crippen LogP contribution < -0.4 is 10.2 Å². The second kappa shape index (κ2) is 6.55. The van der Waals surface area contributed by atoms with Crippen molar-refractivity contribution in [3.05, 3.63) is 42.1 Å². The molecule has 1 aromatic heterocycles. The first-order chi connectivity index (χ1) is 11.2. The number of benzene rings is 1. The van der Waals surface area contributed by atoms with Crippen molar-refractivity contribution in [3.63, 3.8) is 0 Å². The van der Waals surface area contributed by atoms with E-state index in [1.807, 2.05) is 4.90 Å². The van der Waals surface area contributed by atoms with Gasteiger partial charge in [-0.1, -0.05) is 6.07 Å². The number of piperazine rings is 1. The van der Waals surface area contributed by atoms with Gasteiger partial charge in [0.1, 0.15) is 23.1 Å². The summed E-state index contributed by atoms with van der Waals surface area (Å²) in [6.45, 7) is 2.50. The molecule has 1 aliphatic rings. The van der Waals surface area contributed by atoms with Crippen LogP contribution in [0.15, 0.2) is 30.5 Å². The quantitative estimate of drug-likeness (QED) is 0.871. The van der Waals surface area contributed by atoms with E-state index in [-0.39, 0.29) is 11.6 Å². The van der Waals surface area contributed by atoms with Crippen molar-refractivity contribution >= 4 is 23.9 Å². The Balaban J connectivity index is 1.77. The number of hydrogen-bond acceptors (Lipinski definition) is 5. The summed E-state index contributed by atoms with van der Waals surface area (Å²) in [5.41, 5.74) is -0.282. The Morgan fingerprint density at radius 2 is 1.78 bits per heavy atom. The van der Waals surface area contributed by atoms with Crippen molar-refractivity contribution in [3.8, 4) is 0 Å². The zero-order chi connectivity index (χ0) is 16.2. The van der Waals surface area contributed by atoms with Gasteiger partial charge in [-0.25, -0.2) is 13.8 Å². The Morgan fingerprint density at radius 3 is 2.43 bits per heavy atom. The third-order valence-electron chi connectivity index (χ3n) is 3.63. The molecule has 2 heterocycles. The van der Waals surface area contributed by atoms with Crippen molar-refractivity contribution in [1.29, 1.82) is 0 Å². The van der Waals surface area contributed by atoms with E-state index in [1.165, 1.54) is 12.3 Å². The first-order valence-corrected chi connectivity index (χ1v) is 7.16. The third kappa shape index (κ3) is 3.36. The number of anilines is 3. The zero-order valence-electron chi connectivity index (χ0n) is 12.2. The van der Waals surface area contributed by atoms with Crippen molar-refractivity contribution in [2.45, 2.75) is 0 Å². The highest BCUT2D eigenvalue weighted by Crippen LogP contribution is 2.22. The average Bonchev–Trinajstić information content (AvgIpc) is 2.59. The molecule has 0 atom stereocenters. The SMILES string of the molecule is O=CN1CCN(c2ccnc(Nc3c(F)cccc3F)n2)CC1. The highest BCUT2D eigenvalue weighted by Gasteiger charge is 2.17. The van der Waals surface area contributed by atoms with E-state index in [9.17, 15) is 13.6 Å². The second-order valence-corrected chi connectivity index (χ2v) is 5.09. The smallest absolute Gasteiger partial charge is 0.229 e. The van der Waals surface area contributed by atoms with Gasteiger partial charge in [0, 0.05) is 32.4 Å². The van der Waals surface area contributed by atoms with Crippen LogP contribution in [-0.2, 0) is 4.79 Å². The Kier molecular flexibility index (Phi) is 4.31. The first kappa shape index (κ1) is 15.1. The van der Waals surface area contributed by atoms with Gasteiger partial charge in [-0.3, -0.25) is 4.79 Å². The summed E-state index contributed by atoms with van der Waals surface area (Å²) in [5.74, 6) is -0.661. The Labute approximate surface area is 131 Å². The van der Waals surface area contributed by atoms with E-state index in [0.717, 1.165) is 18.5 Å². The highest BCUT2D eigenvalue weighted by atomic mass is 19.1. The number of hydrogen-bond donors (Lipinski definition) is 1. The van der Waals surface area contributed by atoms with Crippen molar-refractivity contribution in [2.24, 2.45) is 0 Å². The minimum Gasteiger partial charge on any atom is -0.353 e. The number of carbonyl (C=O) groups is 1. The number of aromatic nitrogens is 2. The molecule has 2 aromatic rings. The summed E-state index contributed by atoms with van der Waals surface area (Å²) in [7, 11) is 0. The van der Waals surface area contributed by atoms with Crippen LogP contribution in [0.25, 0.3) is 0 Å². The molecular formula is C15H15F2N5O. The molecule has 1 amide bonds. The maximum Gasteiger partial charge on any atom is 0.229 e. The molecular weight excluding hydrogens is 304 g/mol. The van der Waals surface area contributed by atoms with Crippen LogP contribution in [0.5, 0.6) is 0 Å². The summed E-state index contributed by atoms with van der Waals surface area (Å²) in [5, 5.41) is 2.57. The molecule has 0 spiro atoms. The standard InChI is InChI=1S/C15H15F2N5O/c16-11-2-1-3-12(17)14(11)20-15-18-5-4-13(19-15)22-8-6-21(10-23)7-9-22/h1-5,10H,6-9H2,(H,18,19,20). The molecule has 1 saturated heterocycles. The van der Waals surface area contributed by atoms with E-state index in [2.05, 4.69) is 15.3 Å². The number of halogens is 2. The van der Waals surface area contributed by atoms with Crippen LogP contribution >= 0.6 is 0 Å². The van der Waals surface area contributed by atoms with Crippen LogP contribution in [0.1, 0.15) is 0 Å². The summed E-state index contributed by atoms with van der Waals surface area (Å²) >= 11 is 0. The molecule has 0 saturated carbocycles. The minimum absolute atomic E-state index is 0.115. The summed E-state index contributed by atoms with van der Waals surface area (Å²) in [4.78, 5) is 22.7. The lowest BCUT2D eigenvalue weighted by atomic mass is 10.3. The van der Waals surface area contributed by atoms with Crippen LogP contribution in [0, 0.1) is 11.6 Å². The fourth-order valence-electron chi connectivity index (χ4n) is 2.37. The number of carbonyl (C=O) groups excluding carboxylic acids is 1. The van der Waals surface area contributed by atoms with Crippen molar-refractivity contribution in [2.75, 3.05) is 36.4 Å². The monoisotopic (exact) mass is 319 g/mol. The Morgan fingerprint density at radius 1 is 1.09 bits per heavy atom. The predicted octanol–water partition coefficient (Wildman–Crippen LogP) is 1.78. The molecule has 120 valence electrons. The molecule has 1 aliphatic heterocycles. The number of nitrogens with zero attached hydrogens (tertiary/aromatic N) is 4. The fraction of sp³-hybridized carbons (Fsp3) is 0.267. The number of nitrogens with one attached hydrogen (secondary N) is 1. The van der Waals surface area contributed by atoms with E-state index < -0.39 is 11.6 Å². The van der Waals surface area contributed by atoms with Crippen LogP contribution in [0.3, 0.4) is 0 Å². The topological polar surface area (TPSA) is 61.4 Å². The van der Waals surface area contributed by atoms with Gasteiger partial charge >= 0.3 is 0 Å². The van der Waals surface area contributed by atoms with Gasteiger partial charge in [0.25, 0.3) is 0 Å². The summed E-state index contributed by atoms with van der Waals surface area (Å²) < 4.78 is 27.3. The molecule has 0 bridgehead atoms. The molecule has 23 heavy (non-hydrogen) atoms. The van der Waals surface area contributed by atoms with E-state index in [4.69, 9.17) is 0 Å². The van der Waals surface area contributed by atoms with Gasteiger partial charge in [-0.15, -0.1) is 0 Å². The molecule has 1 N–H and O–H groups in total. The van der Waals surface area contributed by atoms with E-state index >= 15 is 0 Å². The molecule has 0 radical (unpaired) electrons. The molecule has 3 rings (SSSR count). The predicted molar refractivity (Wildman–Crippen MR) is 81.5 cm³/mol. The Bertz CT molecular complexity index is 684. The minimum atomic E-state index is -0.710. The van der Waals surface area contributed by atoms with Gasteiger partial charge in [0.15, 0.2) is 0 Å². The van der Waals surface area contributed by atoms with E-state index in [1.54, 1.807) is 11.0 Å². The lowest BCUT2D eigenvalue weighted by Gasteiger charge is -2.33. The molecule has 0 unspecified atom stereocenters. The number of amides is 1. The molecule has 6 nitrogen and oxygen atoms in total. The summed E-state index contributed by atoms with van der Waals surface area (Å²) in [6.07, 6.45) is 2.35. The molecule has 8 heteroatoms. The lowest BCUT2D eigenvalue weighted by Crippen LogP contribution is -2.46. The second-order valence-electron chi connectivity index (χ2n) is 5.09. The lowest BCUT2D eigenvalue weighted by molar-refractivity contribution is -0.118. The van der Waals surface area contributed by atoms with Crippen molar-refractivity contribution < 1.29 is 13.6 Å². The third-order valence-corrected chi connectivity index (χ3v) is 3.63. The van der Waals surface area contributed by atoms with E-state index in [0.29, 0.717) is 32.0 Å². The van der Waals surface area contributed by atoms with Crippen LogP contribution in [-0.4, -0.2) is 47.5 Å². The van der Waals surface area contributed by atoms with Gasteiger partial charge in [0.2, 0.25) is 12.4 Å². The van der Waals surface area contributed by atoms with Crippen LogP contribution in [0.2, 0.25) is 0 Å². The maximum absolute atomic E-state index is 13.7. The molecule has 1 fully saturated rings. The van der Waals surface area contributed by atoms with Crippen molar-refractivity contribution in [1.82, 2.24) is 14.9 Å².